The van der Waals surface area contributed by atoms with Gasteiger partial charge in [0.25, 0.3) is 11.6 Å². The molecule has 0 saturated heterocycles. The van der Waals surface area contributed by atoms with Crippen molar-refractivity contribution >= 4 is 23.6 Å². The molecule has 0 atom stereocenters. The van der Waals surface area contributed by atoms with Gasteiger partial charge in [0.2, 0.25) is 6.79 Å². The first kappa shape index (κ1) is 19.8. The summed E-state index contributed by atoms with van der Waals surface area (Å²) in [6.07, 6.45) is 2.16. The van der Waals surface area contributed by atoms with E-state index in [1.165, 1.54) is 42.5 Å². The number of rotatable bonds is 7. The van der Waals surface area contributed by atoms with Crippen LogP contribution in [0.4, 0.5) is 10.1 Å². The molecule has 1 aliphatic rings. The van der Waals surface area contributed by atoms with Crippen molar-refractivity contribution in [1.29, 1.82) is 0 Å². The van der Waals surface area contributed by atoms with E-state index in [1.807, 2.05) is 0 Å². The Balaban J connectivity index is 1.52. The summed E-state index contributed by atoms with van der Waals surface area (Å²) >= 11 is 0. The number of hydrogen-bond donors (Lipinski definition) is 1. The Hall–Kier alpha value is -3.95. The van der Waals surface area contributed by atoms with Crippen molar-refractivity contribution in [3.8, 4) is 11.5 Å². The summed E-state index contributed by atoms with van der Waals surface area (Å²) in [4.78, 5) is 34.1. The Morgan fingerprint density at radius 1 is 1.21 bits per heavy atom. The van der Waals surface area contributed by atoms with Crippen molar-refractivity contribution in [3.05, 3.63) is 69.5 Å². The number of hydrogen-bond acceptors (Lipinski definition) is 7. The van der Waals surface area contributed by atoms with Crippen molar-refractivity contribution in [2.45, 2.75) is 6.54 Å². The molecule has 29 heavy (non-hydrogen) atoms. The molecule has 0 spiro atoms. The smallest absolute Gasteiger partial charge is 0.331 e. The van der Waals surface area contributed by atoms with Crippen molar-refractivity contribution in [3.63, 3.8) is 0 Å². The van der Waals surface area contributed by atoms with Crippen LogP contribution in [0.2, 0.25) is 0 Å². The van der Waals surface area contributed by atoms with Gasteiger partial charge in [0.1, 0.15) is 5.82 Å². The van der Waals surface area contributed by atoms with Crippen molar-refractivity contribution < 1.29 is 33.1 Å². The highest BCUT2D eigenvalue weighted by Gasteiger charge is 2.22. The molecule has 1 aliphatic heterocycles. The maximum atomic E-state index is 12.8. The van der Waals surface area contributed by atoms with Crippen LogP contribution in [-0.2, 0) is 20.9 Å². The van der Waals surface area contributed by atoms with Crippen LogP contribution in [0.5, 0.6) is 11.5 Å². The monoisotopic (exact) mass is 402 g/mol. The molecule has 0 aromatic heterocycles. The number of fused-ring (bicyclic) bond motifs is 1. The first-order chi connectivity index (χ1) is 13.9. The SMILES string of the molecule is O=C(COC(=O)/C=C/c1cc2c(cc1[N+](=O)[O-])OCO2)NCc1ccc(F)cc1. The number of ether oxygens (including phenoxy) is 3. The van der Waals surface area contributed by atoms with E-state index in [0.29, 0.717) is 11.3 Å². The molecular formula is C19H15FN2O7. The Labute approximate surface area is 163 Å². The number of carbonyl (C=O) groups excluding carboxylic acids is 2. The molecule has 0 fully saturated rings. The first-order valence-electron chi connectivity index (χ1n) is 8.36. The van der Waals surface area contributed by atoms with Crippen molar-refractivity contribution in [1.82, 2.24) is 5.32 Å². The molecule has 0 radical (unpaired) electrons. The van der Waals surface area contributed by atoms with E-state index < -0.39 is 23.4 Å². The molecule has 0 saturated carbocycles. The molecule has 0 unspecified atom stereocenters. The molecule has 10 heteroatoms. The lowest BCUT2D eigenvalue weighted by molar-refractivity contribution is -0.385. The molecule has 3 rings (SSSR count). The van der Waals surface area contributed by atoms with Crippen LogP contribution in [0.15, 0.2) is 42.5 Å². The number of nitrogens with zero attached hydrogens (tertiary/aromatic N) is 1. The van der Waals surface area contributed by atoms with E-state index in [4.69, 9.17) is 14.2 Å². The minimum atomic E-state index is -0.853. The van der Waals surface area contributed by atoms with Crippen LogP contribution in [-0.4, -0.2) is 30.2 Å². The molecule has 2 aromatic rings. The molecule has 1 heterocycles. The fourth-order valence-electron chi connectivity index (χ4n) is 2.44. The van der Waals surface area contributed by atoms with Gasteiger partial charge in [-0.3, -0.25) is 14.9 Å². The van der Waals surface area contributed by atoms with Gasteiger partial charge in [0.15, 0.2) is 18.1 Å². The van der Waals surface area contributed by atoms with Gasteiger partial charge >= 0.3 is 5.97 Å². The van der Waals surface area contributed by atoms with Crippen LogP contribution >= 0.6 is 0 Å². The molecule has 2 aromatic carbocycles. The average Bonchev–Trinajstić information content (AvgIpc) is 3.17. The summed E-state index contributed by atoms with van der Waals surface area (Å²) in [5.74, 6) is -1.22. The quantitative estimate of drug-likeness (QED) is 0.327. The van der Waals surface area contributed by atoms with Crippen LogP contribution < -0.4 is 14.8 Å². The summed E-state index contributed by atoms with van der Waals surface area (Å²) in [5, 5.41) is 13.7. The topological polar surface area (TPSA) is 117 Å². The largest absolute Gasteiger partial charge is 0.454 e. The van der Waals surface area contributed by atoms with Gasteiger partial charge in [0.05, 0.1) is 16.6 Å². The summed E-state index contributed by atoms with van der Waals surface area (Å²) in [6.45, 7) is -0.432. The number of carbonyl (C=O) groups is 2. The third kappa shape index (κ3) is 5.28. The number of halogens is 1. The molecule has 150 valence electrons. The van der Waals surface area contributed by atoms with E-state index in [2.05, 4.69) is 5.32 Å². The minimum Gasteiger partial charge on any atom is -0.454 e. The Bertz CT molecular complexity index is 973. The average molecular weight is 402 g/mol. The van der Waals surface area contributed by atoms with Crippen LogP contribution in [0, 0.1) is 15.9 Å². The van der Waals surface area contributed by atoms with Gasteiger partial charge < -0.3 is 19.5 Å². The summed E-state index contributed by atoms with van der Waals surface area (Å²) < 4.78 is 27.9. The summed E-state index contributed by atoms with van der Waals surface area (Å²) in [5.41, 5.74) is 0.536. The van der Waals surface area contributed by atoms with Crippen LogP contribution in [0.25, 0.3) is 6.08 Å². The zero-order valence-electron chi connectivity index (χ0n) is 14.9. The molecule has 9 nitrogen and oxygen atoms in total. The Morgan fingerprint density at radius 2 is 1.90 bits per heavy atom. The van der Waals surface area contributed by atoms with Gasteiger partial charge in [-0.2, -0.15) is 0 Å². The van der Waals surface area contributed by atoms with Crippen LogP contribution in [0.1, 0.15) is 11.1 Å². The second kappa shape index (κ2) is 8.83. The van der Waals surface area contributed by atoms with Gasteiger partial charge in [-0.05, 0) is 29.8 Å². The molecule has 0 bridgehead atoms. The van der Waals surface area contributed by atoms with E-state index in [9.17, 15) is 24.1 Å². The highest BCUT2D eigenvalue weighted by Crippen LogP contribution is 2.38. The normalized spacial score (nSPS) is 12.0. The number of benzene rings is 2. The fourth-order valence-corrected chi connectivity index (χ4v) is 2.44. The van der Waals surface area contributed by atoms with Crippen molar-refractivity contribution in [2.75, 3.05) is 13.4 Å². The third-order valence-corrected chi connectivity index (χ3v) is 3.87. The number of nitro benzene ring substituents is 1. The zero-order valence-corrected chi connectivity index (χ0v) is 14.9. The highest BCUT2D eigenvalue weighted by molar-refractivity contribution is 5.90. The number of amides is 1. The van der Waals surface area contributed by atoms with E-state index in [-0.39, 0.29) is 36.2 Å². The molecule has 1 amide bonds. The Morgan fingerprint density at radius 3 is 2.59 bits per heavy atom. The van der Waals surface area contributed by atoms with Gasteiger partial charge in [-0.1, -0.05) is 12.1 Å². The summed E-state index contributed by atoms with van der Waals surface area (Å²) in [6, 6.07) is 8.14. The second-order valence-electron chi connectivity index (χ2n) is 5.87. The van der Waals surface area contributed by atoms with E-state index >= 15 is 0 Å². The molecular weight excluding hydrogens is 387 g/mol. The predicted molar refractivity (Wildman–Crippen MR) is 97.5 cm³/mol. The standard InChI is InChI=1S/C19H15FN2O7/c20-14-4-1-12(2-5-14)9-21-18(23)10-27-19(24)6-3-13-7-16-17(29-11-28-16)8-15(13)22(25)26/h1-8H,9-11H2,(H,21,23)/b6-3+. The lowest BCUT2D eigenvalue weighted by Gasteiger charge is -2.05. The number of esters is 1. The van der Waals surface area contributed by atoms with Gasteiger partial charge in [-0.15, -0.1) is 0 Å². The summed E-state index contributed by atoms with van der Waals surface area (Å²) in [7, 11) is 0. The highest BCUT2D eigenvalue weighted by atomic mass is 19.1. The second-order valence-corrected chi connectivity index (χ2v) is 5.87. The maximum Gasteiger partial charge on any atom is 0.331 e. The van der Waals surface area contributed by atoms with E-state index in [0.717, 1.165) is 6.08 Å². The predicted octanol–water partition coefficient (Wildman–Crippen LogP) is 2.34. The third-order valence-electron chi connectivity index (χ3n) is 3.87. The van der Waals surface area contributed by atoms with Gasteiger partial charge in [-0.25, -0.2) is 9.18 Å². The lowest BCUT2D eigenvalue weighted by Crippen LogP contribution is -2.28. The first-order valence-corrected chi connectivity index (χ1v) is 8.36. The van der Waals surface area contributed by atoms with E-state index in [1.54, 1.807) is 0 Å². The maximum absolute atomic E-state index is 12.8. The van der Waals surface area contributed by atoms with Gasteiger partial charge in [0, 0.05) is 12.6 Å². The Kier molecular flexibility index (Phi) is 6.03. The van der Waals surface area contributed by atoms with Crippen molar-refractivity contribution in [2.24, 2.45) is 0 Å². The molecule has 1 N–H and O–H groups in total. The minimum absolute atomic E-state index is 0.0469. The zero-order chi connectivity index (χ0) is 20.8. The lowest BCUT2D eigenvalue weighted by atomic mass is 10.1. The number of nitro groups is 1. The van der Waals surface area contributed by atoms with Crippen LogP contribution in [0.3, 0.4) is 0 Å². The fraction of sp³-hybridized carbons (Fsp3) is 0.158. The number of nitrogens with one attached hydrogen (secondary N) is 1. The molecule has 0 aliphatic carbocycles.